The van der Waals surface area contributed by atoms with Gasteiger partial charge in [0, 0.05) is 23.8 Å². The van der Waals surface area contributed by atoms with Crippen LogP contribution in [-0.4, -0.2) is 88.4 Å². The van der Waals surface area contributed by atoms with E-state index in [4.69, 9.17) is 10.8 Å². The fourth-order valence-electron chi connectivity index (χ4n) is 2.59. The maximum atomic E-state index is 12.6. The molecule has 0 aromatic carbocycles. The van der Waals surface area contributed by atoms with Gasteiger partial charge in [0.1, 0.15) is 6.04 Å². The normalized spacial score (nSPS) is 15.8. The number of carboxylic acids is 1. The first-order chi connectivity index (χ1) is 15.3. The molecule has 0 radical (unpaired) electrons. The molecule has 0 aliphatic carbocycles. The van der Waals surface area contributed by atoms with Gasteiger partial charge in [-0.3, -0.25) is 24.0 Å². The van der Waals surface area contributed by atoms with Gasteiger partial charge in [-0.25, -0.2) is 0 Å². The lowest BCUT2D eigenvalue weighted by Gasteiger charge is -2.25. The third-order valence-electron chi connectivity index (χ3n) is 4.66. The molecule has 5 atom stereocenters. The Bertz CT molecular complexity index is 691. The number of Topliss-reactive ketones (excluding diaryl/α,β-unsaturated/α-hetero) is 2. The van der Waals surface area contributed by atoms with Crippen LogP contribution in [0.3, 0.4) is 0 Å². The second-order valence-corrected chi connectivity index (χ2v) is 10.3. The minimum atomic E-state index is -1.26. The molecule has 0 saturated heterocycles. The fourth-order valence-corrected chi connectivity index (χ4v) is 5.03. The third-order valence-corrected chi connectivity index (χ3v) is 7.08. The minimum Gasteiger partial charge on any atom is -0.481 e. The van der Waals surface area contributed by atoms with Crippen molar-refractivity contribution in [3.05, 3.63) is 0 Å². The number of nitrogens with two attached hydrogens (primary N) is 1. The van der Waals surface area contributed by atoms with Crippen LogP contribution >= 0.6 is 21.6 Å². The van der Waals surface area contributed by atoms with Crippen molar-refractivity contribution in [2.75, 3.05) is 18.6 Å². The van der Waals surface area contributed by atoms with Crippen molar-refractivity contribution in [3.63, 3.8) is 0 Å². The quantitative estimate of drug-likeness (QED) is 0.108. The average Bonchev–Trinajstić information content (AvgIpc) is 2.74. The van der Waals surface area contributed by atoms with Crippen LogP contribution in [0.25, 0.3) is 0 Å². The molecule has 0 aromatic heterocycles. The van der Waals surface area contributed by atoms with E-state index in [1.165, 1.54) is 28.5 Å². The molecule has 0 unspecified atom stereocenters. The molecule has 0 aliphatic heterocycles. The maximum Gasteiger partial charge on any atom is 0.305 e. The van der Waals surface area contributed by atoms with Crippen LogP contribution in [0.15, 0.2) is 0 Å². The standard InChI is InChI=1S/C20H36N4O7S2/c1-6-15(26)13(23-19(30)12(21)7-16(27)28)8-32-33-9-14(22-5)20(31)24-17(11(4)25)18(29)10(2)3/h10-14,17,22,25H,6-9,21H2,1-5H3,(H,23,30)(H,24,31)(H,27,28)/t11-,12+,13+,14+,17+/m1/s1. The number of aliphatic hydroxyl groups is 1. The van der Waals surface area contributed by atoms with Gasteiger partial charge in [0.05, 0.1) is 30.7 Å². The van der Waals surface area contributed by atoms with Crippen molar-refractivity contribution in [1.82, 2.24) is 16.0 Å². The monoisotopic (exact) mass is 508 g/mol. The van der Waals surface area contributed by atoms with E-state index in [1.807, 2.05) is 0 Å². The van der Waals surface area contributed by atoms with Crippen LogP contribution in [0, 0.1) is 5.92 Å². The predicted octanol–water partition coefficient (Wildman–Crippen LogP) is -0.688. The molecule has 0 saturated carbocycles. The van der Waals surface area contributed by atoms with Crippen molar-refractivity contribution in [2.45, 2.75) is 70.8 Å². The molecule has 7 N–H and O–H groups in total. The lowest BCUT2D eigenvalue weighted by molar-refractivity contribution is -0.139. The smallest absolute Gasteiger partial charge is 0.305 e. The van der Waals surface area contributed by atoms with E-state index < -0.39 is 54.5 Å². The van der Waals surface area contributed by atoms with E-state index in [-0.39, 0.29) is 35.4 Å². The Balaban J connectivity index is 4.84. The maximum absolute atomic E-state index is 12.6. The highest BCUT2D eigenvalue weighted by Crippen LogP contribution is 2.23. The first kappa shape index (κ1) is 31.3. The molecule has 0 aromatic rings. The van der Waals surface area contributed by atoms with Gasteiger partial charge in [0.25, 0.3) is 0 Å². The molecule has 33 heavy (non-hydrogen) atoms. The van der Waals surface area contributed by atoms with Gasteiger partial charge in [-0.15, -0.1) is 0 Å². The second-order valence-electron chi connectivity index (χ2n) is 7.78. The van der Waals surface area contributed by atoms with E-state index in [1.54, 1.807) is 27.8 Å². The van der Waals surface area contributed by atoms with Crippen molar-refractivity contribution in [2.24, 2.45) is 11.7 Å². The molecule has 0 heterocycles. The van der Waals surface area contributed by atoms with Crippen LogP contribution in [-0.2, 0) is 24.0 Å². The molecule has 0 bridgehead atoms. The number of amides is 2. The largest absolute Gasteiger partial charge is 0.481 e. The highest BCUT2D eigenvalue weighted by Gasteiger charge is 2.30. The van der Waals surface area contributed by atoms with Gasteiger partial charge in [-0.05, 0) is 14.0 Å². The molecule has 0 aliphatic rings. The summed E-state index contributed by atoms with van der Waals surface area (Å²) in [5.41, 5.74) is 5.54. The van der Waals surface area contributed by atoms with Crippen molar-refractivity contribution >= 4 is 50.9 Å². The average molecular weight is 509 g/mol. The minimum absolute atomic E-state index is 0.177. The van der Waals surface area contributed by atoms with Crippen molar-refractivity contribution in [3.8, 4) is 0 Å². The summed E-state index contributed by atoms with van der Waals surface area (Å²) in [5.74, 6) is -2.75. The molecule has 11 nitrogen and oxygen atoms in total. The number of hydrogen-bond donors (Lipinski definition) is 6. The Kier molecular flexibility index (Phi) is 15.2. The number of hydrogen-bond acceptors (Lipinski definition) is 10. The first-order valence-electron chi connectivity index (χ1n) is 10.6. The Morgan fingerprint density at radius 1 is 0.939 bits per heavy atom. The predicted molar refractivity (Wildman–Crippen MR) is 129 cm³/mol. The molecule has 2 amide bonds. The van der Waals surface area contributed by atoms with Gasteiger partial charge in [-0.1, -0.05) is 42.4 Å². The summed E-state index contributed by atoms with van der Waals surface area (Å²) < 4.78 is 0. The molecule has 190 valence electrons. The first-order valence-corrected chi connectivity index (χ1v) is 13.1. The molecular formula is C20H36N4O7S2. The zero-order valence-corrected chi connectivity index (χ0v) is 21.3. The van der Waals surface area contributed by atoms with Crippen LogP contribution < -0.4 is 21.7 Å². The Morgan fingerprint density at radius 2 is 1.48 bits per heavy atom. The van der Waals surface area contributed by atoms with Gasteiger partial charge in [0.15, 0.2) is 11.6 Å². The SMILES string of the molecule is CCC(=O)[C@H](CSSC[C@H](NC)C(=O)N[C@H](C(=O)C(C)C)[C@@H](C)O)NC(=O)[C@@H](N)CC(=O)O. The summed E-state index contributed by atoms with van der Waals surface area (Å²) in [6.07, 6.45) is -1.41. The summed E-state index contributed by atoms with van der Waals surface area (Å²) in [5, 5.41) is 26.5. The number of carbonyl (C=O) groups is 5. The number of likely N-dealkylation sites (N-methyl/N-ethyl adjacent to an activating group) is 1. The number of aliphatic hydroxyl groups excluding tert-OH is 1. The number of nitrogens with one attached hydrogen (secondary N) is 3. The zero-order chi connectivity index (χ0) is 25.7. The van der Waals surface area contributed by atoms with Crippen molar-refractivity contribution < 1.29 is 34.2 Å². The molecule has 13 heteroatoms. The molecule has 0 rings (SSSR count). The van der Waals surface area contributed by atoms with Gasteiger partial charge >= 0.3 is 5.97 Å². The highest BCUT2D eigenvalue weighted by atomic mass is 33.1. The van der Waals surface area contributed by atoms with E-state index in [9.17, 15) is 29.1 Å². The van der Waals surface area contributed by atoms with Crippen LogP contribution in [0.1, 0.15) is 40.5 Å². The summed E-state index contributed by atoms with van der Waals surface area (Å²) in [6, 6.07) is -3.78. The fraction of sp³-hybridized carbons (Fsp3) is 0.750. The summed E-state index contributed by atoms with van der Waals surface area (Å²) in [6.45, 7) is 6.46. The van der Waals surface area contributed by atoms with Gasteiger partial charge in [-0.2, -0.15) is 0 Å². The van der Waals surface area contributed by atoms with Crippen molar-refractivity contribution in [1.29, 1.82) is 0 Å². The van der Waals surface area contributed by atoms with Gasteiger partial charge < -0.3 is 31.9 Å². The van der Waals surface area contributed by atoms with E-state index in [0.29, 0.717) is 0 Å². The summed E-state index contributed by atoms with van der Waals surface area (Å²) in [7, 11) is 4.13. The zero-order valence-electron chi connectivity index (χ0n) is 19.6. The Morgan fingerprint density at radius 3 is 1.91 bits per heavy atom. The highest BCUT2D eigenvalue weighted by molar-refractivity contribution is 8.76. The third kappa shape index (κ3) is 11.8. The number of aliphatic carboxylic acids is 1. The number of carboxylic acid groups (broad SMARTS) is 1. The van der Waals surface area contributed by atoms with E-state index in [2.05, 4.69) is 16.0 Å². The summed E-state index contributed by atoms with van der Waals surface area (Å²) >= 11 is 0. The van der Waals surface area contributed by atoms with Crippen LogP contribution in [0.2, 0.25) is 0 Å². The lowest BCUT2D eigenvalue weighted by Crippen LogP contribution is -2.54. The molecule has 0 spiro atoms. The number of carbonyl (C=O) groups excluding carboxylic acids is 4. The molecular weight excluding hydrogens is 472 g/mol. The number of ketones is 2. The Hall–Kier alpha value is -1.67. The van der Waals surface area contributed by atoms with E-state index >= 15 is 0 Å². The second kappa shape index (κ2) is 16.0. The van der Waals surface area contributed by atoms with E-state index in [0.717, 1.165) is 0 Å². The summed E-state index contributed by atoms with van der Waals surface area (Å²) in [4.78, 5) is 59.8. The molecule has 0 fully saturated rings. The lowest BCUT2D eigenvalue weighted by atomic mass is 9.98. The Labute approximate surface area is 202 Å². The van der Waals surface area contributed by atoms with Crippen LogP contribution in [0.5, 0.6) is 0 Å². The topological polar surface area (TPSA) is 188 Å². The van der Waals surface area contributed by atoms with Crippen LogP contribution in [0.4, 0.5) is 0 Å². The number of rotatable bonds is 17. The van der Waals surface area contributed by atoms with Gasteiger partial charge in [0.2, 0.25) is 11.8 Å².